The third-order valence-corrected chi connectivity index (χ3v) is 6.31. The van der Waals surface area contributed by atoms with Gasteiger partial charge >= 0.3 is 0 Å². The number of hydrogen-bond acceptors (Lipinski definition) is 6. The van der Waals surface area contributed by atoms with E-state index in [1.807, 2.05) is 61.5 Å². The Kier molecular flexibility index (Phi) is 7.29. The largest absolute Gasteiger partial charge is 0.497 e. The number of hydrogen-bond donors (Lipinski definition) is 1. The van der Waals surface area contributed by atoms with E-state index in [9.17, 15) is 9.59 Å². The van der Waals surface area contributed by atoms with E-state index in [1.165, 1.54) is 16.8 Å². The second-order valence-electron chi connectivity index (χ2n) is 7.48. The average molecular weight is 473 g/mol. The van der Waals surface area contributed by atoms with Crippen molar-refractivity contribution < 1.29 is 9.53 Å². The van der Waals surface area contributed by atoms with Gasteiger partial charge in [-0.15, -0.1) is 11.3 Å². The Hall–Kier alpha value is -4.04. The molecule has 0 fully saturated rings. The molecule has 0 atom stereocenters. The lowest BCUT2D eigenvalue weighted by atomic mass is 10.2. The van der Waals surface area contributed by atoms with Gasteiger partial charge in [0.1, 0.15) is 16.5 Å². The fraction of sp³-hybridized carbons (Fsp3) is 0.154. The fourth-order valence-electron chi connectivity index (χ4n) is 3.30. The molecule has 172 valence electrons. The third kappa shape index (κ3) is 5.65. The second-order valence-corrected chi connectivity index (χ2v) is 8.48. The molecular weight excluding hydrogens is 448 g/mol. The molecule has 2 aromatic carbocycles. The van der Waals surface area contributed by atoms with Gasteiger partial charge in [0, 0.05) is 24.3 Å². The number of thiazole rings is 1. The molecule has 0 saturated carbocycles. The first kappa shape index (κ1) is 23.1. The molecule has 1 N–H and O–H groups in total. The predicted molar refractivity (Wildman–Crippen MR) is 135 cm³/mol. The van der Waals surface area contributed by atoms with E-state index >= 15 is 0 Å². The maximum Gasteiger partial charge on any atom is 0.266 e. The van der Waals surface area contributed by atoms with Crippen LogP contribution >= 0.6 is 11.3 Å². The highest BCUT2D eigenvalue weighted by atomic mass is 32.1. The average Bonchev–Trinajstić information content (AvgIpc) is 3.26. The molecule has 0 spiro atoms. The number of nitrogens with one attached hydrogen (secondary N) is 1. The van der Waals surface area contributed by atoms with Crippen molar-refractivity contribution >= 4 is 23.3 Å². The highest BCUT2D eigenvalue weighted by Crippen LogP contribution is 2.33. The number of methoxy groups -OCH3 is 1. The maximum atomic E-state index is 12.3. The quantitative estimate of drug-likeness (QED) is 0.389. The van der Waals surface area contributed by atoms with Gasteiger partial charge in [-0.3, -0.25) is 9.59 Å². The molecule has 4 aromatic rings. The maximum absolute atomic E-state index is 12.3. The van der Waals surface area contributed by atoms with Crippen molar-refractivity contribution in [3.8, 4) is 26.9 Å². The van der Waals surface area contributed by atoms with Crippen molar-refractivity contribution in [2.45, 2.75) is 13.5 Å². The number of aryl methyl sites for hydroxylation is 1. The fourth-order valence-corrected chi connectivity index (χ4v) is 4.34. The Labute approximate surface area is 201 Å². The van der Waals surface area contributed by atoms with Crippen molar-refractivity contribution in [2.75, 3.05) is 13.7 Å². The minimum Gasteiger partial charge on any atom is -0.497 e. The van der Waals surface area contributed by atoms with Crippen LogP contribution in [-0.4, -0.2) is 34.3 Å². The lowest BCUT2D eigenvalue weighted by molar-refractivity contribution is -0.116. The normalized spacial score (nSPS) is 11.0. The molecule has 4 rings (SSSR count). The number of rotatable bonds is 8. The molecule has 1 amide bonds. The molecule has 0 radical (unpaired) electrons. The van der Waals surface area contributed by atoms with E-state index in [-0.39, 0.29) is 24.6 Å². The molecule has 7 nitrogen and oxygen atoms in total. The first-order valence-corrected chi connectivity index (χ1v) is 11.6. The molecule has 2 aromatic heterocycles. The van der Waals surface area contributed by atoms with Gasteiger partial charge in [-0.05, 0) is 36.8 Å². The first-order chi connectivity index (χ1) is 16.5. The molecular formula is C26H24N4O3S. The minimum atomic E-state index is -0.245. The highest BCUT2D eigenvalue weighted by molar-refractivity contribution is 7.18. The van der Waals surface area contributed by atoms with Gasteiger partial charge in [0.15, 0.2) is 0 Å². The monoisotopic (exact) mass is 472 g/mol. The number of carbonyl (C=O) groups excluding carboxylic acids is 1. The molecule has 8 heteroatoms. The van der Waals surface area contributed by atoms with Gasteiger partial charge in [-0.1, -0.05) is 42.5 Å². The molecule has 2 heterocycles. The van der Waals surface area contributed by atoms with Crippen LogP contribution in [0.2, 0.25) is 0 Å². The van der Waals surface area contributed by atoms with Crippen LogP contribution < -0.4 is 15.6 Å². The van der Waals surface area contributed by atoms with Crippen LogP contribution in [0, 0.1) is 6.92 Å². The highest BCUT2D eigenvalue weighted by Gasteiger charge is 2.13. The lowest BCUT2D eigenvalue weighted by Gasteiger charge is -2.07. The standard InChI is InChI=1S/C26H24N4O3S/c1-18-25(34-26(28-18)20-6-4-3-5-7-20)22-13-15-24(32)30(29-22)17-16-27-23(31)14-10-19-8-11-21(33-2)12-9-19/h3-15H,16-17H2,1-2H3,(H,27,31). The molecule has 0 unspecified atom stereocenters. The van der Waals surface area contributed by atoms with Crippen LogP contribution in [0.1, 0.15) is 11.3 Å². The third-order valence-electron chi connectivity index (χ3n) is 5.08. The zero-order valence-corrected chi connectivity index (χ0v) is 19.7. The number of nitrogens with zero attached hydrogens (tertiary/aromatic N) is 3. The summed E-state index contributed by atoms with van der Waals surface area (Å²) in [4.78, 5) is 30.0. The number of amides is 1. The summed E-state index contributed by atoms with van der Waals surface area (Å²) in [5.74, 6) is 0.511. The van der Waals surface area contributed by atoms with E-state index in [0.29, 0.717) is 5.69 Å². The number of benzene rings is 2. The Morgan fingerprint density at radius 3 is 2.59 bits per heavy atom. The molecule has 0 aliphatic heterocycles. The summed E-state index contributed by atoms with van der Waals surface area (Å²) in [6, 6.07) is 20.5. The van der Waals surface area contributed by atoms with E-state index in [1.54, 1.807) is 30.6 Å². The summed E-state index contributed by atoms with van der Waals surface area (Å²) < 4.78 is 6.49. The van der Waals surface area contributed by atoms with Crippen LogP contribution in [-0.2, 0) is 11.3 Å². The van der Waals surface area contributed by atoms with Crippen molar-refractivity contribution in [1.29, 1.82) is 0 Å². The summed E-state index contributed by atoms with van der Waals surface area (Å²) in [6.45, 7) is 2.47. The molecule has 0 aliphatic rings. The van der Waals surface area contributed by atoms with Crippen LogP contribution in [0.3, 0.4) is 0 Å². The lowest BCUT2D eigenvalue weighted by Crippen LogP contribution is -2.31. The minimum absolute atomic E-state index is 0.225. The Bertz CT molecular complexity index is 1360. The molecule has 0 aliphatic carbocycles. The smallest absolute Gasteiger partial charge is 0.266 e. The molecule has 34 heavy (non-hydrogen) atoms. The van der Waals surface area contributed by atoms with Crippen LogP contribution in [0.25, 0.3) is 27.2 Å². The topological polar surface area (TPSA) is 86.1 Å². The summed E-state index contributed by atoms with van der Waals surface area (Å²) in [5.41, 5.74) is 3.25. The predicted octanol–water partition coefficient (Wildman–Crippen LogP) is 4.18. The van der Waals surface area contributed by atoms with Gasteiger partial charge < -0.3 is 10.1 Å². The summed E-state index contributed by atoms with van der Waals surface area (Å²) >= 11 is 1.54. The van der Waals surface area contributed by atoms with Gasteiger partial charge in [0.25, 0.3) is 5.56 Å². The van der Waals surface area contributed by atoms with Crippen molar-refractivity contribution in [1.82, 2.24) is 20.1 Å². The number of carbonyl (C=O) groups is 1. The Morgan fingerprint density at radius 2 is 1.85 bits per heavy atom. The van der Waals surface area contributed by atoms with Crippen molar-refractivity contribution in [3.63, 3.8) is 0 Å². The Balaban J connectivity index is 1.40. The van der Waals surface area contributed by atoms with Crippen LogP contribution in [0.4, 0.5) is 0 Å². The first-order valence-electron chi connectivity index (χ1n) is 10.7. The molecule has 0 bridgehead atoms. The van der Waals surface area contributed by atoms with E-state index in [2.05, 4.69) is 15.4 Å². The van der Waals surface area contributed by atoms with E-state index in [4.69, 9.17) is 4.74 Å². The van der Waals surface area contributed by atoms with Crippen molar-refractivity contribution in [3.05, 3.63) is 94.4 Å². The zero-order valence-electron chi connectivity index (χ0n) is 18.9. The second kappa shape index (κ2) is 10.7. The number of aromatic nitrogens is 3. The Morgan fingerprint density at radius 1 is 1.09 bits per heavy atom. The zero-order chi connectivity index (χ0) is 23.9. The summed E-state index contributed by atoms with van der Waals surface area (Å²) in [5, 5.41) is 8.20. The van der Waals surface area contributed by atoms with Crippen LogP contribution in [0.15, 0.2) is 77.6 Å². The van der Waals surface area contributed by atoms with Gasteiger partial charge in [0.05, 0.1) is 24.2 Å². The SMILES string of the molecule is COc1ccc(C=CC(=O)NCCn2nc(-c3sc(-c4ccccc4)nc3C)ccc2=O)cc1. The van der Waals surface area contributed by atoms with Gasteiger partial charge in [-0.25, -0.2) is 9.67 Å². The molecule has 0 saturated heterocycles. The van der Waals surface area contributed by atoms with E-state index in [0.717, 1.165) is 32.5 Å². The summed E-state index contributed by atoms with van der Waals surface area (Å²) in [7, 11) is 1.61. The van der Waals surface area contributed by atoms with Crippen LogP contribution in [0.5, 0.6) is 5.75 Å². The van der Waals surface area contributed by atoms with Gasteiger partial charge in [-0.2, -0.15) is 5.10 Å². The summed E-state index contributed by atoms with van der Waals surface area (Å²) in [6.07, 6.45) is 3.18. The van der Waals surface area contributed by atoms with E-state index < -0.39 is 0 Å². The van der Waals surface area contributed by atoms with Crippen molar-refractivity contribution in [2.24, 2.45) is 0 Å². The number of ether oxygens (including phenoxy) is 1. The van der Waals surface area contributed by atoms with Gasteiger partial charge in [0.2, 0.25) is 5.91 Å².